The first-order chi connectivity index (χ1) is 26.8. The highest BCUT2D eigenvalue weighted by Gasteiger charge is 2.24. The Morgan fingerprint density at radius 2 is 0.556 bits per heavy atom. The first-order valence-corrected chi connectivity index (χ1v) is 18.8. The molecule has 0 amide bonds. The van der Waals surface area contributed by atoms with Gasteiger partial charge < -0.3 is 0 Å². The van der Waals surface area contributed by atoms with Crippen LogP contribution < -0.4 is 0 Å². The van der Waals surface area contributed by atoms with Gasteiger partial charge in [0.1, 0.15) is 0 Å². The molecule has 0 bridgehead atoms. The smallest absolute Gasteiger partial charge is 0.000763 e. The Labute approximate surface area is 314 Å². The van der Waals surface area contributed by atoms with Gasteiger partial charge in [0.2, 0.25) is 0 Å². The van der Waals surface area contributed by atoms with E-state index in [4.69, 9.17) is 0 Å². The minimum atomic E-state index is 1.22. The molecule has 0 spiro atoms. The maximum Gasteiger partial charge on any atom is -0.000763 e. The predicted octanol–water partition coefficient (Wildman–Crippen LogP) is 15.2. The molecule has 11 aromatic rings. The summed E-state index contributed by atoms with van der Waals surface area (Å²) in [4.78, 5) is 0. The van der Waals surface area contributed by atoms with Crippen LogP contribution in [0.3, 0.4) is 0 Å². The summed E-state index contributed by atoms with van der Waals surface area (Å²) in [6.07, 6.45) is 0. The van der Waals surface area contributed by atoms with Crippen LogP contribution >= 0.6 is 0 Å². The number of benzene rings is 11. The van der Waals surface area contributed by atoms with Crippen LogP contribution in [0.25, 0.3) is 109 Å². The molecule has 11 rings (SSSR count). The average Bonchev–Trinajstić information content (AvgIpc) is 3.26. The molecule has 0 unspecified atom stereocenters. The Morgan fingerprint density at radius 3 is 1.13 bits per heavy atom. The van der Waals surface area contributed by atoms with Crippen molar-refractivity contribution in [1.82, 2.24) is 0 Å². The molecular formula is C54H34. The van der Waals surface area contributed by atoms with Crippen molar-refractivity contribution in [3.8, 4) is 55.6 Å². The minimum Gasteiger partial charge on any atom is -0.0622 e. The van der Waals surface area contributed by atoms with E-state index in [9.17, 15) is 0 Å². The van der Waals surface area contributed by atoms with Crippen molar-refractivity contribution in [2.24, 2.45) is 0 Å². The van der Waals surface area contributed by atoms with E-state index < -0.39 is 0 Å². The molecule has 0 saturated heterocycles. The van der Waals surface area contributed by atoms with Gasteiger partial charge in [-0.2, -0.15) is 0 Å². The lowest BCUT2D eigenvalue weighted by Crippen LogP contribution is -1.96. The number of rotatable bonds is 5. The quantitative estimate of drug-likeness (QED) is 0.125. The molecule has 0 heteroatoms. The van der Waals surface area contributed by atoms with Crippen molar-refractivity contribution in [2.75, 3.05) is 0 Å². The molecule has 0 aliphatic heterocycles. The molecule has 0 N–H and O–H groups in total. The van der Waals surface area contributed by atoms with E-state index >= 15 is 0 Å². The molecule has 0 heterocycles. The van der Waals surface area contributed by atoms with E-state index in [0.29, 0.717) is 0 Å². The maximum absolute atomic E-state index is 2.42. The van der Waals surface area contributed by atoms with E-state index in [-0.39, 0.29) is 0 Å². The minimum absolute atomic E-state index is 1.22. The van der Waals surface area contributed by atoms with E-state index in [1.165, 1.54) is 109 Å². The summed E-state index contributed by atoms with van der Waals surface area (Å²) in [7, 11) is 0. The van der Waals surface area contributed by atoms with Crippen LogP contribution in [0.15, 0.2) is 206 Å². The fraction of sp³-hybridized carbons (Fsp3) is 0. The summed E-state index contributed by atoms with van der Waals surface area (Å²) in [6, 6.07) is 76.0. The summed E-state index contributed by atoms with van der Waals surface area (Å²) in [6.45, 7) is 0. The van der Waals surface area contributed by atoms with Gasteiger partial charge in [0.15, 0.2) is 0 Å². The molecule has 0 fully saturated rings. The molecule has 0 atom stereocenters. The lowest BCUT2D eigenvalue weighted by atomic mass is 9.79. The monoisotopic (exact) mass is 682 g/mol. The molecular weight excluding hydrogens is 649 g/mol. The summed E-state index contributed by atoms with van der Waals surface area (Å²) in [5.41, 5.74) is 12.4. The van der Waals surface area contributed by atoms with Crippen molar-refractivity contribution in [3.63, 3.8) is 0 Å². The van der Waals surface area contributed by atoms with E-state index in [1.54, 1.807) is 0 Å². The van der Waals surface area contributed by atoms with Gasteiger partial charge in [-0.15, -0.1) is 0 Å². The van der Waals surface area contributed by atoms with Crippen LogP contribution in [0.1, 0.15) is 0 Å². The van der Waals surface area contributed by atoms with Gasteiger partial charge in [-0.1, -0.05) is 206 Å². The Hall–Kier alpha value is -7.02. The van der Waals surface area contributed by atoms with Crippen LogP contribution in [0.2, 0.25) is 0 Å². The van der Waals surface area contributed by atoms with Gasteiger partial charge in [-0.25, -0.2) is 0 Å². The van der Waals surface area contributed by atoms with Crippen molar-refractivity contribution in [1.29, 1.82) is 0 Å². The maximum atomic E-state index is 2.42. The second-order valence-electron chi connectivity index (χ2n) is 14.3. The van der Waals surface area contributed by atoms with Crippen LogP contribution in [0.5, 0.6) is 0 Å². The van der Waals surface area contributed by atoms with Crippen LogP contribution in [-0.2, 0) is 0 Å². The van der Waals surface area contributed by atoms with Crippen LogP contribution in [0, 0.1) is 0 Å². The van der Waals surface area contributed by atoms with E-state index in [2.05, 4.69) is 206 Å². The second kappa shape index (κ2) is 12.3. The lowest BCUT2D eigenvalue weighted by Gasteiger charge is -2.24. The highest BCUT2D eigenvalue weighted by Crippen LogP contribution is 2.52. The molecule has 54 heavy (non-hydrogen) atoms. The predicted molar refractivity (Wildman–Crippen MR) is 232 cm³/mol. The summed E-state index contributed by atoms with van der Waals surface area (Å²) in [5.74, 6) is 0. The third kappa shape index (κ3) is 4.57. The van der Waals surface area contributed by atoms with Crippen molar-refractivity contribution in [2.45, 2.75) is 0 Å². The highest BCUT2D eigenvalue weighted by atomic mass is 14.3. The van der Waals surface area contributed by atoms with Gasteiger partial charge in [0.05, 0.1) is 0 Å². The fourth-order valence-electron chi connectivity index (χ4n) is 9.19. The molecule has 0 saturated carbocycles. The standard InChI is InChI=1S/C54H34/c1-4-17-35(18-5-1)38-23-10-12-25-40(38)46-31-32-48-45-30-16-29-44-42-27-14-15-28-43(42)50(37-21-8-3-9-22-37)54(52(44)45)49-34-33-47(51(46)53(48)49)41-26-13-11-24-39(41)36-19-6-2-7-20-36/h1-34H. The van der Waals surface area contributed by atoms with Crippen molar-refractivity contribution in [3.05, 3.63) is 206 Å². The summed E-state index contributed by atoms with van der Waals surface area (Å²) < 4.78 is 0. The lowest BCUT2D eigenvalue weighted by molar-refractivity contribution is 1.59. The van der Waals surface area contributed by atoms with Gasteiger partial charge in [0, 0.05) is 0 Å². The molecule has 0 aromatic heterocycles. The summed E-state index contributed by atoms with van der Waals surface area (Å²) in [5, 5.41) is 13.0. The third-order valence-corrected chi connectivity index (χ3v) is 11.4. The van der Waals surface area contributed by atoms with Gasteiger partial charge in [0.25, 0.3) is 0 Å². The average molecular weight is 683 g/mol. The van der Waals surface area contributed by atoms with E-state index in [0.717, 1.165) is 0 Å². The zero-order valence-corrected chi connectivity index (χ0v) is 29.6. The molecule has 0 aliphatic rings. The molecule has 0 nitrogen and oxygen atoms in total. The van der Waals surface area contributed by atoms with Gasteiger partial charge in [-0.3, -0.25) is 0 Å². The van der Waals surface area contributed by atoms with E-state index in [1.807, 2.05) is 0 Å². The summed E-state index contributed by atoms with van der Waals surface area (Å²) >= 11 is 0. The highest BCUT2D eigenvalue weighted by molar-refractivity contribution is 6.41. The van der Waals surface area contributed by atoms with Crippen molar-refractivity contribution >= 4 is 53.9 Å². The van der Waals surface area contributed by atoms with Crippen molar-refractivity contribution < 1.29 is 0 Å². The first kappa shape index (κ1) is 30.6. The molecule has 0 aliphatic carbocycles. The zero-order valence-electron chi connectivity index (χ0n) is 29.6. The Balaban J connectivity index is 1.38. The topological polar surface area (TPSA) is 0 Å². The SMILES string of the molecule is c1ccc(-c2ccccc2-c2ccc3c4cccc5c6ccccc6c(-c6ccccc6)c(c6ccc(-c7ccccc7-c7ccccc7)c2c36)c54)cc1. The second-order valence-corrected chi connectivity index (χ2v) is 14.3. The number of fused-ring (bicyclic) bond motifs is 4. The van der Waals surface area contributed by atoms with Crippen LogP contribution in [0.4, 0.5) is 0 Å². The number of hydrogen-bond acceptors (Lipinski definition) is 0. The first-order valence-electron chi connectivity index (χ1n) is 18.8. The van der Waals surface area contributed by atoms with Gasteiger partial charge >= 0.3 is 0 Å². The largest absolute Gasteiger partial charge is 0.0622 e. The number of hydrogen-bond donors (Lipinski definition) is 0. The molecule has 0 radical (unpaired) electrons. The fourth-order valence-corrected chi connectivity index (χ4v) is 9.19. The molecule has 11 aromatic carbocycles. The van der Waals surface area contributed by atoms with Crippen LogP contribution in [-0.4, -0.2) is 0 Å². The third-order valence-electron chi connectivity index (χ3n) is 11.4. The molecule has 250 valence electrons. The Bertz CT molecular complexity index is 3090. The Morgan fingerprint density at radius 1 is 0.167 bits per heavy atom. The Kier molecular flexibility index (Phi) is 6.97. The normalized spacial score (nSPS) is 11.7. The van der Waals surface area contributed by atoms with Gasteiger partial charge in [-0.05, 0) is 109 Å². The zero-order chi connectivity index (χ0) is 35.6.